The monoisotopic (exact) mass is 286 g/mol. The Balaban J connectivity index is 2.90. The van der Waals surface area contributed by atoms with Crippen molar-refractivity contribution in [1.29, 1.82) is 0 Å². The van der Waals surface area contributed by atoms with Gasteiger partial charge in [-0.1, -0.05) is 0 Å². The van der Waals surface area contributed by atoms with Gasteiger partial charge in [0.15, 0.2) is 0 Å². The average molecular weight is 286 g/mol. The summed E-state index contributed by atoms with van der Waals surface area (Å²) >= 11 is 0. The maximum Gasteiger partial charge on any atom is 0.433 e. The molecule has 108 valence electrons. The molecule has 0 aliphatic rings. The lowest BCUT2D eigenvalue weighted by molar-refractivity contribution is -0.141. The Bertz CT molecular complexity index is 669. The molecule has 2 rings (SSSR count). The largest absolute Gasteiger partial charge is 0.497 e. The van der Waals surface area contributed by atoms with E-state index in [9.17, 15) is 13.2 Å². The van der Waals surface area contributed by atoms with Crippen molar-refractivity contribution in [2.45, 2.75) is 13.1 Å². The predicted octanol–water partition coefficient (Wildman–Crippen LogP) is 3.16. The van der Waals surface area contributed by atoms with Crippen molar-refractivity contribution < 1.29 is 22.6 Å². The molecule has 1 heterocycles. The summed E-state index contributed by atoms with van der Waals surface area (Å²) in [4.78, 5) is 3.66. The van der Waals surface area contributed by atoms with Gasteiger partial charge in [0.2, 0.25) is 0 Å². The number of methoxy groups -OCH3 is 2. The summed E-state index contributed by atoms with van der Waals surface area (Å²) in [5.74, 6) is 0.666. The molecule has 0 spiro atoms. The Hall–Kier alpha value is -2.18. The maximum atomic E-state index is 12.9. The molecule has 0 bridgehead atoms. The fraction of sp³-hybridized carbons (Fsp3) is 0.308. The number of alkyl halides is 3. The van der Waals surface area contributed by atoms with Crippen LogP contribution in [0.2, 0.25) is 0 Å². The van der Waals surface area contributed by atoms with Gasteiger partial charge in [-0.3, -0.25) is 0 Å². The first kappa shape index (κ1) is 14.2. The van der Waals surface area contributed by atoms with Crippen molar-refractivity contribution in [2.24, 2.45) is 0 Å². The third-order valence-electron chi connectivity index (χ3n) is 3.04. The van der Waals surface area contributed by atoms with Crippen LogP contribution in [0.25, 0.3) is 10.9 Å². The molecule has 1 aromatic carbocycles. The van der Waals surface area contributed by atoms with E-state index >= 15 is 0 Å². The molecule has 0 saturated carbocycles. The number of halogens is 3. The normalized spacial score (nSPS) is 11.7. The van der Waals surface area contributed by atoms with Gasteiger partial charge in [-0.05, 0) is 6.92 Å². The molecule has 0 radical (unpaired) electrons. The Morgan fingerprint density at radius 3 is 2.30 bits per heavy atom. The lowest BCUT2D eigenvalue weighted by atomic mass is 10.1. The number of anilines is 1. The Morgan fingerprint density at radius 1 is 1.15 bits per heavy atom. The van der Waals surface area contributed by atoms with Crippen LogP contribution in [0.1, 0.15) is 11.3 Å². The molecule has 20 heavy (non-hydrogen) atoms. The first-order valence-corrected chi connectivity index (χ1v) is 5.68. The number of aromatic nitrogens is 1. The molecule has 4 nitrogen and oxygen atoms in total. The topological polar surface area (TPSA) is 57.4 Å². The smallest absolute Gasteiger partial charge is 0.433 e. The predicted molar refractivity (Wildman–Crippen MR) is 69.0 cm³/mol. The quantitative estimate of drug-likeness (QED) is 0.921. The van der Waals surface area contributed by atoms with Gasteiger partial charge in [-0.15, -0.1) is 0 Å². The van der Waals surface area contributed by atoms with Crippen molar-refractivity contribution >= 4 is 16.6 Å². The lowest BCUT2D eigenvalue weighted by Crippen LogP contribution is -2.13. The molecule has 0 fully saturated rings. The van der Waals surface area contributed by atoms with Crippen molar-refractivity contribution in [3.8, 4) is 11.5 Å². The molecule has 0 amide bonds. The van der Waals surface area contributed by atoms with Crippen LogP contribution in [0.4, 0.5) is 18.9 Å². The number of ether oxygens (including phenoxy) is 2. The Labute approximate surface area is 113 Å². The number of nitrogens with two attached hydrogens (primary N) is 1. The molecular formula is C13H13F3N2O2. The summed E-state index contributed by atoms with van der Waals surface area (Å²) in [7, 11) is 2.81. The van der Waals surface area contributed by atoms with E-state index in [1.54, 1.807) is 6.07 Å². The van der Waals surface area contributed by atoms with E-state index in [4.69, 9.17) is 15.2 Å². The lowest BCUT2D eigenvalue weighted by Gasteiger charge is -2.16. The van der Waals surface area contributed by atoms with E-state index in [-0.39, 0.29) is 16.8 Å². The van der Waals surface area contributed by atoms with Crippen molar-refractivity contribution in [1.82, 2.24) is 4.98 Å². The number of nitrogen functional groups attached to an aromatic ring is 1. The highest BCUT2D eigenvalue weighted by atomic mass is 19.4. The van der Waals surface area contributed by atoms with Crippen LogP contribution in [0.3, 0.4) is 0 Å². The second kappa shape index (κ2) is 4.73. The minimum absolute atomic E-state index is 0.00169. The first-order chi connectivity index (χ1) is 9.29. The van der Waals surface area contributed by atoms with Crippen LogP contribution in [-0.4, -0.2) is 19.2 Å². The van der Waals surface area contributed by atoms with Crippen LogP contribution < -0.4 is 15.2 Å². The minimum atomic E-state index is -4.57. The molecule has 0 atom stereocenters. The number of fused-ring (bicyclic) bond motifs is 1. The van der Waals surface area contributed by atoms with Crippen molar-refractivity contribution in [3.05, 3.63) is 23.4 Å². The Kier molecular flexibility index (Phi) is 3.37. The van der Waals surface area contributed by atoms with E-state index < -0.39 is 11.9 Å². The third-order valence-corrected chi connectivity index (χ3v) is 3.04. The van der Waals surface area contributed by atoms with Crippen molar-refractivity contribution in [2.75, 3.05) is 20.0 Å². The van der Waals surface area contributed by atoms with E-state index in [1.165, 1.54) is 27.2 Å². The highest BCUT2D eigenvalue weighted by molar-refractivity contribution is 5.98. The van der Waals surface area contributed by atoms with E-state index in [0.29, 0.717) is 16.9 Å². The fourth-order valence-corrected chi connectivity index (χ4v) is 2.01. The number of rotatable bonds is 2. The number of pyridine rings is 1. The maximum absolute atomic E-state index is 12.9. The van der Waals surface area contributed by atoms with Crippen LogP contribution in [0.15, 0.2) is 12.1 Å². The summed E-state index contributed by atoms with van der Waals surface area (Å²) in [6.45, 7) is 1.29. The average Bonchev–Trinajstić information content (AvgIpc) is 2.39. The van der Waals surface area contributed by atoms with Gasteiger partial charge in [0.1, 0.15) is 17.2 Å². The molecular weight excluding hydrogens is 273 g/mol. The summed E-state index contributed by atoms with van der Waals surface area (Å²) in [5, 5.41) is 0.346. The fourth-order valence-electron chi connectivity index (χ4n) is 2.01. The summed E-state index contributed by atoms with van der Waals surface area (Å²) < 4.78 is 49.0. The van der Waals surface area contributed by atoms with Gasteiger partial charge in [-0.25, -0.2) is 4.98 Å². The van der Waals surface area contributed by atoms with E-state index in [0.717, 1.165) is 0 Å². The number of nitrogens with zero attached hydrogens (tertiary/aromatic N) is 1. The zero-order valence-electron chi connectivity index (χ0n) is 11.1. The first-order valence-electron chi connectivity index (χ1n) is 5.68. The number of hydrogen-bond donors (Lipinski definition) is 1. The third kappa shape index (κ3) is 2.19. The molecule has 0 aliphatic heterocycles. The number of benzene rings is 1. The van der Waals surface area contributed by atoms with E-state index in [2.05, 4.69) is 4.98 Å². The van der Waals surface area contributed by atoms with Gasteiger partial charge < -0.3 is 15.2 Å². The van der Waals surface area contributed by atoms with Crippen LogP contribution >= 0.6 is 0 Å². The van der Waals surface area contributed by atoms with Gasteiger partial charge in [0.25, 0.3) is 0 Å². The van der Waals surface area contributed by atoms with Gasteiger partial charge in [-0.2, -0.15) is 13.2 Å². The SMILES string of the molecule is COc1cc(OC)c2c(N)c(C)c(C(F)(F)F)nc2c1. The van der Waals surface area contributed by atoms with Crippen LogP contribution in [0, 0.1) is 6.92 Å². The van der Waals surface area contributed by atoms with Crippen LogP contribution in [0.5, 0.6) is 11.5 Å². The van der Waals surface area contributed by atoms with Crippen LogP contribution in [-0.2, 0) is 6.18 Å². The van der Waals surface area contributed by atoms with Gasteiger partial charge >= 0.3 is 6.18 Å². The molecule has 2 aromatic rings. The number of hydrogen-bond acceptors (Lipinski definition) is 4. The molecule has 2 N–H and O–H groups in total. The Morgan fingerprint density at radius 2 is 1.80 bits per heavy atom. The zero-order chi connectivity index (χ0) is 15.1. The van der Waals surface area contributed by atoms with Crippen molar-refractivity contribution in [3.63, 3.8) is 0 Å². The molecule has 0 saturated heterocycles. The second-order valence-electron chi connectivity index (χ2n) is 4.22. The minimum Gasteiger partial charge on any atom is -0.497 e. The van der Waals surface area contributed by atoms with Gasteiger partial charge in [0, 0.05) is 23.4 Å². The zero-order valence-corrected chi connectivity index (χ0v) is 11.1. The highest BCUT2D eigenvalue weighted by Crippen LogP contribution is 2.40. The summed E-state index contributed by atoms with van der Waals surface area (Å²) in [5.41, 5.74) is 4.79. The molecule has 1 aromatic heterocycles. The standard InChI is InChI=1S/C13H13F3N2O2/c1-6-11(17)10-8(18-12(6)13(14,15)16)4-7(19-2)5-9(10)20-3/h4-5H,1-3H3,(H2,17,18). The highest BCUT2D eigenvalue weighted by Gasteiger charge is 2.36. The summed E-state index contributed by atoms with van der Waals surface area (Å²) in [6.07, 6.45) is -4.57. The molecule has 0 aliphatic carbocycles. The van der Waals surface area contributed by atoms with Gasteiger partial charge in [0.05, 0.1) is 25.1 Å². The second-order valence-corrected chi connectivity index (χ2v) is 4.22. The van der Waals surface area contributed by atoms with E-state index in [1.807, 2.05) is 0 Å². The molecule has 0 unspecified atom stereocenters. The summed E-state index contributed by atoms with van der Waals surface area (Å²) in [6, 6.07) is 2.94. The molecule has 7 heteroatoms.